The number of H-pyrrole nitrogens is 1. The average Bonchev–Trinajstić information content (AvgIpc) is 2.98. The van der Waals surface area contributed by atoms with Crippen LogP contribution < -0.4 is 4.72 Å². The molecule has 0 saturated heterocycles. The Kier molecular flexibility index (Phi) is 3.17. The number of carboxylic acids is 1. The van der Waals surface area contributed by atoms with Gasteiger partial charge in [0, 0.05) is 0 Å². The number of nitrogens with one attached hydrogen (secondary N) is 2. The number of sulfonamides is 1. The minimum absolute atomic E-state index is 0.0764. The van der Waals surface area contributed by atoms with Gasteiger partial charge in [0.2, 0.25) is 5.76 Å². The van der Waals surface area contributed by atoms with Crippen molar-refractivity contribution in [3.8, 4) is 0 Å². The summed E-state index contributed by atoms with van der Waals surface area (Å²) in [5, 5.41) is 8.55. The summed E-state index contributed by atoms with van der Waals surface area (Å²) in [6.07, 6.45) is 2.40. The number of imidazole rings is 1. The second-order valence-electron chi connectivity index (χ2n) is 3.31. The van der Waals surface area contributed by atoms with Crippen molar-refractivity contribution in [1.82, 2.24) is 14.7 Å². The molecule has 0 bridgehead atoms. The number of carboxylic acid groups (broad SMARTS) is 1. The van der Waals surface area contributed by atoms with Crippen LogP contribution in [0.3, 0.4) is 0 Å². The molecule has 2 aromatic heterocycles. The van der Waals surface area contributed by atoms with E-state index >= 15 is 0 Å². The largest absolute Gasteiger partial charge is 0.475 e. The van der Waals surface area contributed by atoms with E-state index in [1.54, 1.807) is 0 Å². The van der Waals surface area contributed by atoms with E-state index in [1.165, 1.54) is 18.5 Å². The Morgan fingerprint density at radius 3 is 2.83 bits per heavy atom. The molecule has 0 spiro atoms. The van der Waals surface area contributed by atoms with E-state index in [2.05, 4.69) is 14.7 Å². The molecule has 2 rings (SSSR count). The second kappa shape index (κ2) is 4.63. The first-order valence-corrected chi connectivity index (χ1v) is 6.27. The molecule has 0 aliphatic carbocycles. The highest BCUT2D eigenvalue weighted by molar-refractivity contribution is 7.89. The third kappa shape index (κ3) is 2.57. The van der Waals surface area contributed by atoms with Crippen molar-refractivity contribution < 1.29 is 22.7 Å². The number of hydrogen-bond acceptors (Lipinski definition) is 5. The van der Waals surface area contributed by atoms with Crippen LogP contribution in [0, 0.1) is 0 Å². The number of aromatic amines is 1. The molecule has 0 aliphatic heterocycles. The zero-order valence-electron chi connectivity index (χ0n) is 8.95. The number of furan rings is 1. The molecule has 0 radical (unpaired) electrons. The first kappa shape index (κ1) is 12.3. The van der Waals surface area contributed by atoms with E-state index in [0.29, 0.717) is 0 Å². The molecule has 0 amide bonds. The lowest BCUT2D eigenvalue weighted by molar-refractivity contribution is 0.0660. The molecule has 0 fully saturated rings. The number of hydrogen-bond donors (Lipinski definition) is 3. The molecular weight excluding hydrogens is 262 g/mol. The van der Waals surface area contributed by atoms with E-state index in [0.717, 1.165) is 6.20 Å². The van der Waals surface area contributed by atoms with Crippen molar-refractivity contribution in [3.63, 3.8) is 0 Å². The fourth-order valence-electron chi connectivity index (χ4n) is 1.22. The van der Waals surface area contributed by atoms with Crippen LogP contribution in [0.4, 0.5) is 0 Å². The summed E-state index contributed by atoms with van der Waals surface area (Å²) in [5.74, 6) is -1.25. The zero-order chi connectivity index (χ0) is 13.2. The van der Waals surface area contributed by atoms with Crippen molar-refractivity contribution >= 4 is 16.0 Å². The van der Waals surface area contributed by atoms with Crippen molar-refractivity contribution in [2.45, 2.75) is 11.6 Å². The van der Waals surface area contributed by atoms with E-state index in [1.807, 2.05) is 0 Å². The Bertz CT molecular complexity index is 644. The Labute approximate surface area is 102 Å². The van der Waals surface area contributed by atoms with Crippen LogP contribution in [0.1, 0.15) is 16.3 Å². The number of aromatic carboxylic acids is 1. The summed E-state index contributed by atoms with van der Waals surface area (Å²) in [5.41, 5.74) is 0. The minimum Gasteiger partial charge on any atom is -0.475 e. The van der Waals surface area contributed by atoms with Gasteiger partial charge in [-0.15, -0.1) is 0 Å². The molecule has 3 N–H and O–H groups in total. The molecule has 18 heavy (non-hydrogen) atoms. The molecular formula is C9H9N3O5S. The molecule has 0 aromatic carbocycles. The van der Waals surface area contributed by atoms with Crippen LogP contribution in [-0.4, -0.2) is 29.5 Å². The van der Waals surface area contributed by atoms with Gasteiger partial charge in [0.25, 0.3) is 10.0 Å². The summed E-state index contributed by atoms with van der Waals surface area (Å²) in [6, 6.07) is 2.64. The highest BCUT2D eigenvalue weighted by Gasteiger charge is 2.16. The van der Waals surface area contributed by atoms with Gasteiger partial charge in [-0.25, -0.2) is 22.9 Å². The quantitative estimate of drug-likeness (QED) is 0.712. The second-order valence-corrected chi connectivity index (χ2v) is 5.05. The molecule has 8 nitrogen and oxygen atoms in total. The first-order chi connectivity index (χ1) is 8.49. The molecule has 0 unspecified atom stereocenters. The minimum atomic E-state index is -3.70. The van der Waals surface area contributed by atoms with Gasteiger partial charge in [-0.1, -0.05) is 0 Å². The van der Waals surface area contributed by atoms with E-state index < -0.39 is 16.0 Å². The smallest absolute Gasteiger partial charge is 0.371 e. The molecule has 0 saturated carbocycles. The van der Waals surface area contributed by atoms with Crippen LogP contribution in [0.2, 0.25) is 0 Å². The summed E-state index contributed by atoms with van der Waals surface area (Å²) in [4.78, 5) is 16.6. The van der Waals surface area contributed by atoms with Gasteiger partial charge in [0.15, 0.2) is 5.03 Å². The van der Waals surface area contributed by atoms with Gasteiger partial charge in [0.05, 0.1) is 19.1 Å². The molecule has 9 heteroatoms. The number of nitrogens with zero attached hydrogens (tertiary/aromatic N) is 1. The number of aromatic nitrogens is 2. The summed E-state index contributed by atoms with van der Waals surface area (Å²) < 4.78 is 30.5. The Balaban J connectivity index is 2.05. The third-order valence-corrected chi connectivity index (χ3v) is 3.40. The predicted molar refractivity (Wildman–Crippen MR) is 58.3 cm³/mol. The lowest BCUT2D eigenvalue weighted by Gasteiger charge is -2.01. The normalized spacial score (nSPS) is 11.6. The Morgan fingerprint density at radius 1 is 1.50 bits per heavy atom. The molecule has 0 atom stereocenters. The molecule has 2 aromatic rings. The van der Waals surface area contributed by atoms with Crippen molar-refractivity contribution in [2.75, 3.05) is 0 Å². The first-order valence-electron chi connectivity index (χ1n) is 4.79. The van der Waals surface area contributed by atoms with Crippen molar-refractivity contribution in [3.05, 3.63) is 36.2 Å². The lowest BCUT2D eigenvalue weighted by atomic mass is 10.4. The maximum Gasteiger partial charge on any atom is 0.371 e. The number of carbonyl (C=O) groups is 1. The highest BCUT2D eigenvalue weighted by Crippen LogP contribution is 2.09. The summed E-state index contributed by atoms with van der Waals surface area (Å²) in [7, 11) is -3.70. The maximum absolute atomic E-state index is 11.7. The molecule has 96 valence electrons. The standard InChI is InChI=1S/C9H9N3O5S/c13-9(14)7-2-1-6(17-7)3-12-18(15,16)8-4-10-5-11-8/h1-2,4-5,12H,3H2,(H,10,11)(H,13,14). The van der Waals surface area contributed by atoms with Crippen LogP contribution in [0.15, 0.2) is 34.1 Å². The molecule has 0 aliphatic rings. The van der Waals surface area contributed by atoms with E-state index in [-0.39, 0.29) is 23.1 Å². The van der Waals surface area contributed by atoms with Crippen LogP contribution in [0.5, 0.6) is 0 Å². The highest BCUT2D eigenvalue weighted by atomic mass is 32.2. The van der Waals surface area contributed by atoms with Crippen molar-refractivity contribution in [2.24, 2.45) is 0 Å². The Morgan fingerprint density at radius 2 is 2.28 bits per heavy atom. The summed E-state index contributed by atoms with van der Waals surface area (Å²) >= 11 is 0. The monoisotopic (exact) mass is 271 g/mol. The van der Waals surface area contributed by atoms with Gasteiger partial charge in [-0.05, 0) is 12.1 Å². The summed E-state index contributed by atoms with van der Waals surface area (Å²) in [6.45, 7) is -0.144. The predicted octanol–water partition coefficient (Wildman–Crippen LogP) is 0.179. The van der Waals surface area contributed by atoms with Crippen molar-refractivity contribution in [1.29, 1.82) is 0 Å². The van der Waals surface area contributed by atoms with Gasteiger partial charge < -0.3 is 14.5 Å². The topological polar surface area (TPSA) is 125 Å². The van der Waals surface area contributed by atoms with E-state index in [4.69, 9.17) is 9.52 Å². The zero-order valence-corrected chi connectivity index (χ0v) is 9.77. The lowest BCUT2D eigenvalue weighted by Crippen LogP contribution is -2.23. The maximum atomic E-state index is 11.7. The van der Waals surface area contributed by atoms with Gasteiger partial charge >= 0.3 is 5.97 Å². The Hall–Kier alpha value is -2.13. The molecule has 2 heterocycles. The fraction of sp³-hybridized carbons (Fsp3) is 0.111. The van der Waals surface area contributed by atoms with Crippen LogP contribution in [-0.2, 0) is 16.6 Å². The third-order valence-electron chi connectivity index (χ3n) is 2.07. The number of rotatable bonds is 5. The van der Waals surface area contributed by atoms with Gasteiger partial charge in [0.1, 0.15) is 5.76 Å². The average molecular weight is 271 g/mol. The van der Waals surface area contributed by atoms with E-state index in [9.17, 15) is 13.2 Å². The van der Waals surface area contributed by atoms with Crippen LogP contribution in [0.25, 0.3) is 0 Å². The fourth-order valence-corrected chi connectivity index (χ4v) is 2.12. The van der Waals surface area contributed by atoms with Gasteiger partial charge in [-0.2, -0.15) is 0 Å². The SMILES string of the molecule is O=C(O)c1ccc(CNS(=O)(=O)c2cnc[nH]2)o1. The van der Waals surface area contributed by atoms with Crippen LogP contribution >= 0.6 is 0 Å². The van der Waals surface area contributed by atoms with Gasteiger partial charge in [-0.3, -0.25) is 0 Å².